The quantitative estimate of drug-likeness (QED) is 0.270. The Kier molecular flexibility index (Phi) is 10.9. The largest absolute Gasteiger partial charge is 0.378 e. The molecule has 1 spiro atoms. The minimum absolute atomic E-state index is 0. The van der Waals surface area contributed by atoms with Crippen LogP contribution in [0.2, 0.25) is 0 Å². The van der Waals surface area contributed by atoms with Crippen LogP contribution in [0.15, 0.2) is 4.99 Å². The Balaban J connectivity index is 0.00000341. The number of amides is 1. The van der Waals surface area contributed by atoms with E-state index in [0.29, 0.717) is 29.5 Å². The van der Waals surface area contributed by atoms with E-state index in [1.807, 2.05) is 0 Å². The van der Waals surface area contributed by atoms with Crippen LogP contribution in [0.3, 0.4) is 0 Å². The molecule has 3 rings (SSSR count). The van der Waals surface area contributed by atoms with Gasteiger partial charge in [0.05, 0.1) is 6.10 Å². The van der Waals surface area contributed by atoms with Gasteiger partial charge in [-0.25, -0.2) is 0 Å². The molecule has 180 valence electrons. The van der Waals surface area contributed by atoms with E-state index in [9.17, 15) is 4.79 Å². The molecule has 3 fully saturated rings. The zero-order chi connectivity index (χ0) is 21.6. The Hall–Kier alpha value is -0.570. The molecule has 1 saturated heterocycles. The van der Waals surface area contributed by atoms with E-state index in [-0.39, 0.29) is 29.9 Å². The smallest absolute Gasteiger partial charge is 0.225 e. The fourth-order valence-corrected chi connectivity index (χ4v) is 5.88. The summed E-state index contributed by atoms with van der Waals surface area (Å²) in [4.78, 5) is 19.5. The highest BCUT2D eigenvalue weighted by Gasteiger charge is 2.57. The van der Waals surface area contributed by atoms with Gasteiger partial charge < -0.3 is 20.3 Å². The third kappa shape index (κ3) is 6.06. The van der Waals surface area contributed by atoms with Crippen LogP contribution < -0.4 is 10.6 Å². The summed E-state index contributed by atoms with van der Waals surface area (Å²) >= 11 is 0. The lowest BCUT2D eigenvalue weighted by Crippen LogP contribution is -2.65. The van der Waals surface area contributed by atoms with Gasteiger partial charge in [-0.3, -0.25) is 9.79 Å². The minimum atomic E-state index is 0. The summed E-state index contributed by atoms with van der Waals surface area (Å²) in [5.74, 6) is 1.49. The first kappa shape index (κ1) is 26.7. The summed E-state index contributed by atoms with van der Waals surface area (Å²) in [6.07, 6.45) is 10.5. The van der Waals surface area contributed by atoms with Crippen molar-refractivity contribution < 1.29 is 9.53 Å². The molecule has 0 aromatic carbocycles. The maximum Gasteiger partial charge on any atom is 0.225 e. The van der Waals surface area contributed by atoms with Gasteiger partial charge >= 0.3 is 0 Å². The summed E-state index contributed by atoms with van der Waals surface area (Å²) in [6, 6.07) is 0.849. The summed E-state index contributed by atoms with van der Waals surface area (Å²) in [6.45, 7) is 11.7. The van der Waals surface area contributed by atoms with Gasteiger partial charge in [-0.15, -0.1) is 24.0 Å². The van der Waals surface area contributed by atoms with Crippen LogP contribution in [-0.2, 0) is 9.53 Å². The fourth-order valence-electron chi connectivity index (χ4n) is 5.88. The summed E-state index contributed by atoms with van der Waals surface area (Å²) in [5, 5.41) is 7.46. The lowest BCUT2D eigenvalue weighted by molar-refractivity contribution is -0.136. The molecule has 2 atom stereocenters. The number of nitrogens with one attached hydrogen (secondary N) is 2. The van der Waals surface area contributed by atoms with Crippen LogP contribution in [0, 0.1) is 11.3 Å². The molecule has 1 aliphatic heterocycles. The van der Waals surface area contributed by atoms with Crippen molar-refractivity contribution in [2.24, 2.45) is 16.3 Å². The molecule has 3 aliphatic rings. The highest BCUT2D eigenvalue weighted by atomic mass is 127. The number of guanidine groups is 1. The number of carbonyl (C=O) groups is 1. The zero-order valence-corrected chi connectivity index (χ0v) is 22.5. The number of piperidine rings is 1. The van der Waals surface area contributed by atoms with Gasteiger partial charge in [0.25, 0.3) is 0 Å². The van der Waals surface area contributed by atoms with Gasteiger partial charge in [-0.1, -0.05) is 26.7 Å². The fraction of sp³-hybridized carbons (Fsp3) is 0.917. The molecule has 7 heteroatoms. The van der Waals surface area contributed by atoms with Crippen molar-refractivity contribution in [3.05, 3.63) is 0 Å². The van der Waals surface area contributed by atoms with Crippen LogP contribution in [0.4, 0.5) is 0 Å². The molecule has 0 aromatic rings. The number of likely N-dealkylation sites (tertiary alicyclic amines) is 1. The highest BCUT2D eigenvalue weighted by Crippen LogP contribution is 2.54. The SMILES string of the molecule is CCN=C(NC1CCN(C(=O)C(CC)CC)CC1)NC1CC(OCC)C12CCCC2.I. The molecule has 31 heavy (non-hydrogen) atoms. The van der Waals surface area contributed by atoms with E-state index in [2.05, 4.69) is 43.2 Å². The van der Waals surface area contributed by atoms with Crippen LogP contribution in [0.1, 0.15) is 85.5 Å². The standard InChI is InChI=1S/C24H44N4O2.HI/c1-5-18(6-2)22(29)28-15-11-19(12-16-28)26-23(25-7-3)27-20-17-21(30-8-4)24(20)13-9-10-14-24;/h18-21H,5-17H2,1-4H3,(H2,25,26,27);1H. The molecule has 1 heterocycles. The Bertz CT molecular complexity index is 582. The molecule has 0 bridgehead atoms. The normalized spacial score (nSPS) is 26.0. The number of hydrogen-bond donors (Lipinski definition) is 2. The zero-order valence-electron chi connectivity index (χ0n) is 20.1. The first-order valence-electron chi connectivity index (χ1n) is 12.6. The van der Waals surface area contributed by atoms with Crippen molar-refractivity contribution in [1.82, 2.24) is 15.5 Å². The summed E-state index contributed by atoms with van der Waals surface area (Å²) < 4.78 is 6.07. The predicted octanol–water partition coefficient (Wildman–Crippen LogP) is 4.32. The van der Waals surface area contributed by atoms with Crippen LogP contribution in [0.25, 0.3) is 0 Å². The van der Waals surface area contributed by atoms with Gasteiger partial charge in [0, 0.05) is 49.7 Å². The Labute approximate surface area is 206 Å². The van der Waals surface area contributed by atoms with E-state index < -0.39 is 0 Å². The molecule has 2 saturated carbocycles. The average molecular weight is 549 g/mol. The molecule has 2 aliphatic carbocycles. The number of halogens is 1. The number of carbonyl (C=O) groups excluding carboxylic acids is 1. The second-order valence-electron chi connectivity index (χ2n) is 9.40. The van der Waals surface area contributed by atoms with Crippen molar-refractivity contribution in [3.63, 3.8) is 0 Å². The Morgan fingerprint density at radius 2 is 1.74 bits per heavy atom. The third-order valence-electron chi connectivity index (χ3n) is 7.80. The average Bonchev–Trinajstić information content (AvgIpc) is 3.28. The topological polar surface area (TPSA) is 66.0 Å². The summed E-state index contributed by atoms with van der Waals surface area (Å²) in [5.41, 5.74) is 0.303. The molecule has 6 nitrogen and oxygen atoms in total. The number of nitrogens with zero attached hydrogens (tertiary/aromatic N) is 2. The third-order valence-corrected chi connectivity index (χ3v) is 7.80. The van der Waals surface area contributed by atoms with Gasteiger partial charge in [0.1, 0.15) is 0 Å². The lowest BCUT2D eigenvalue weighted by atomic mass is 9.60. The second-order valence-corrected chi connectivity index (χ2v) is 9.40. The van der Waals surface area contributed by atoms with Crippen LogP contribution >= 0.6 is 24.0 Å². The van der Waals surface area contributed by atoms with Crippen molar-refractivity contribution in [2.75, 3.05) is 26.2 Å². The molecule has 0 aromatic heterocycles. The van der Waals surface area contributed by atoms with Gasteiger partial charge in [0.15, 0.2) is 5.96 Å². The first-order chi connectivity index (χ1) is 14.6. The van der Waals surface area contributed by atoms with E-state index in [0.717, 1.165) is 64.3 Å². The number of aliphatic imine (C=N–C) groups is 1. The van der Waals surface area contributed by atoms with Crippen molar-refractivity contribution in [3.8, 4) is 0 Å². The van der Waals surface area contributed by atoms with E-state index in [4.69, 9.17) is 9.73 Å². The van der Waals surface area contributed by atoms with Gasteiger partial charge in [-0.2, -0.15) is 0 Å². The lowest BCUT2D eigenvalue weighted by Gasteiger charge is -2.54. The minimum Gasteiger partial charge on any atom is -0.378 e. The predicted molar refractivity (Wildman–Crippen MR) is 138 cm³/mol. The maximum absolute atomic E-state index is 12.7. The van der Waals surface area contributed by atoms with Crippen LogP contribution in [0.5, 0.6) is 0 Å². The number of rotatable bonds is 8. The maximum atomic E-state index is 12.7. The molecule has 2 N–H and O–H groups in total. The number of hydrogen-bond acceptors (Lipinski definition) is 3. The van der Waals surface area contributed by atoms with Gasteiger partial charge in [-0.05, 0) is 58.8 Å². The molecular weight excluding hydrogens is 503 g/mol. The Morgan fingerprint density at radius 3 is 2.29 bits per heavy atom. The van der Waals surface area contributed by atoms with E-state index >= 15 is 0 Å². The summed E-state index contributed by atoms with van der Waals surface area (Å²) in [7, 11) is 0. The van der Waals surface area contributed by atoms with Crippen molar-refractivity contribution in [1.29, 1.82) is 0 Å². The monoisotopic (exact) mass is 548 g/mol. The van der Waals surface area contributed by atoms with Crippen molar-refractivity contribution >= 4 is 35.8 Å². The molecular formula is C24H45IN4O2. The first-order valence-corrected chi connectivity index (χ1v) is 12.6. The van der Waals surface area contributed by atoms with E-state index in [1.54, 1.807) is 0 Å². The van der Waals surface area contributed by atoms with E-state index in [1.165, 1.54) is 25.7 Å². The van der Waals surface area contributed by atoms with Crippen molar-refractivity contribution in [2.45, 2.75) is 104 Å². The van der Waals surface area contributed by atoms with Gasteiger partial charge in [0.2, 0.25) is 5.91 Å². The van der Waals surface area contributed by atoms with Crippen LogP contribution in [-0.4, -0.2) is 61.2 Å². The molecule has 2 unspecified atom stereocenters. The highest BCUT2D eigenvalue weighted by molar-refractivity contribution is 14.0. The second kappa shape index (κ2) is 12.6. The number of ether oxygens (including phenoxy) is 1. The Morgan fingerprint density at radius 1 is 1.10 bits per heavy atom. The molecule has 1 amide bonds. The molecule has 0 radical (unpaired) electrons.